The molecule has 20 heavy (non-hydrogen) atoms. The molecule has 0 radical (unpaired) electrons. The maximum absolute atomic E-state index is 2.36. The summed E-state index contributed by atoms with van der Waals surface area (Å²) in [6, 6.07) is 9.37. The summed E-state index contributed by atoms with van der Waals surface area (Å²) in [5, 5.41) is 0. The first kappa shape index (κ1) is 17.3. The Morgan fingerprint density at radius 1 is 0.700 bits per heavy atom. The van der Waals surface area contributed by atoms with Crippen LogP contribution in [0.3, 0.4) is 0 Å². The molecule has 1 rings (SSSR count). The van der Waals surface area contributed by atoms with Crippen molar-refractivity contribution in [2.75, 3.05) is 0 Å². The molecule has 2 unspecified atom stereocenters. The SMILES string of the molecule is CCC(C)CCCc1ccc(CCCC(C)CC)cc1. The highest BCUT2D eigenvalue weighted by Gasteiger charge is 2.01. The van der Waals surface area contributed by atoms with Gasteiger partial charge in [-0.25, -0.2) is 0 Å². The Morgan fingerprint density at radius 2 is 1.05 bits per heavy atom. The minimum Gasteiger partial charge on any atom is -0.0651 e. The molecule has 0 nitrogen and oxygen atoms in total. The van der Waals surface area contributed by atoms with Crippen molar-refractivity contribution in [2.45, 2.75) is 79.1 Å². The smallest absolute Gasteiger partial charge is 0.0279 e. The molecule has 0 aromatic heterocycles. The Morgan fingerprint density at radius 3 is 1.35 bits per heavy atom. The molecule has 0 N–H and O–H groups in total. The van der Waals surface area contributed by atoms with Crippen molar-refractivity contribution in [2.24, 2.45) is 11.8 Å². The van der Waals surface area contributed by atoms with E-state index in [0.29, 0.717) is 0 Å². The summed E-state index contributed by atoms with van der Waals surface area (Å²) in [4.78, 5) is 0. The van der Waals surface area contributed by atoms with Crippen LogP contribution in [0.4, 0.5) is 0 Å². The summed E-state index contributed by atoms with van der Waals surface area (Å²) in [6.45, 7) is 9.30. The lowest BCUT2D eigenvalue weighted by Gasteiger charge is -2.09. The number of hydrogen-bond acceptors (Lipinski definition) is 0. The summed E-state index contributed by atoms with van der Waals surface area (Å²) in [6.07, 6.45) is 10.5. The number of aryl methyl sites for hydroxylation is 2. The second kappa shape index (κ2) is 10.0. The van der Waals surface area contributed by atoms with Crippen molar-refractivity contribution in [3.05, 3.63) is 35.4 Å². The van der Waals surface area contributed by atoms with Gasteiger partial charge in [0.25, 0.3) is 0 Å². The zero-order valence-corrected chi connectivity index (χ0v) is 14.1. The van der Waals surface area contributed by atoms with Crippen molar-refractivity contribution < 1.29 is 0 Å². The highest BCUT2D eigenvalue weighted by molar-refractivity contribution is 5.22. The molecule has 114 valence electrons. The van der Waals surface area contributed by atoms with Gasteiger partial charge < -0.3 is 0 Å². The molecule has 0 aliphatic heterocycles. The molecule has 1 aromatic carbocycles. The molecule has 0 amide bonds. The van der Waals surface area contributed by atoms with Gasteiger partial charge in [-0.3, -0.25) is 0 Å². The average molecular weight is 274 g/mol. The third-order valence-electron chi connectivity index (χ3n) is 4.74. The molecule has 0 bridgehead atoms. The number of benzene rings is 1. The molecule has 0 aliphatic rings. The van der Waals surface area contributed by atoms with Crippen molar-refractivity contribution in [3.8, 4) is 0 Å². The van der Waals surface area contributed by atoms with Crippen molar-refractivity contribution in [1.29, 1.82) is 0 Å². The van der Waals surface area contributed by atoms with E-state index in [1.807, 2.05) is 0 Å². The minimum absolute atomic E-state index is 0.884. The van der Waals surface area contributed by atoms with E-state index < -0.39 is 0 Å². The molecule has 0 fully saturated rings. The molecular weight excluding hydrogens is 240 g/mol. The van der Waals surface area contributed by atoms with E-state index in [2.05, 4.69) is 52.0 Å². The summed E-state index contributed by atoms with van der Waals surface area (Å²) in [7, 11) is 0. The molecule has 0 heterocycles. The van der Waals surface area contributed by atoms with Crippen LogP contribution >= 0.6 is 0 Å². The van der Waals surface area contributed by atoms with Crippen LogP contribution in [-0.2, 0) is 12.8 Å². The molecular formula is C20H34. The van der Waals surface area contributed by atoms with Gasteiger partial charge in [-0.05, 0) is 48.6 Å². The van der Waals surface area contributed by atoms with E-state index >= 15 is 0 Å². The van der Waals surface area contributed by atoms with E-state index in [1.54, 1.807) is 0 Å². The summed E-state index contributed by atoms with van der Waals surface area (Å²) < 4.78 is 0. The fourth-order valence-corrected chi connectivity index (χ4v) is 2.59. The quantitative estimate of drug-likeness (QED) is 0.461. The first-order chi connectivity index (χ1) is 9.65. The van der Waals surface area contributed by atoms with E-state index in [-0.39, 0.29) is 0 Å². The van der Waals surface area contributed by atoms with E-state index in [1.165, 1.54) is 62.5 Å². The van der Waals surface area contributed by atoms with Gasteiger partial charge in [-0.2, -0.15) is 0 Å². The molecule has 0 spiro atoms. The maximum atomic E-state index is 2.36. The fourth-order valence-electron chi connectivity index (χ4n) is 2.59. The molecule has 0 aliphatic carbocycles. The normalized spacial score (nSPS) is 14.2. The van der Waals surface area contributed by atoms with E-state index in [4.69, 9.17) is 0 Å². The second-order valence-corrected chi connectivity index (χ2v) is 6.63. The third kappa shape index (κ3) is 7.12. The number of hydrogen-bond donors (Lipinski definition) is 0. The van der Waals surface area contributed by atoms with Gasteiger partial charge in [-0.15, -0.1) is 0 Å². The monoisotopic (exact) mass is 274 g/mol. The fraction of sp³-hybridized carbons (Fsp3) is 0.700. The Kier molecular flexibility index (Phi) is 8.65. The standard InChI is InChI=1S/C20H34/c1-5-17(3)9-7-11-19-13-15-20(16-14-19)12-8-10-18(4)6-2/h13-18H,5-12H2,1-4H3. The highest BCUT2D eigenvalue weighted by atomic mass is 14.1. The Bertz CT molecular complexity index is 301. The van der Waals surface area contributed by atoms with Crippen molar-refractivity contribution in [3.63, 3.8) is 0 Å². The van der Waals surface area contributed by atoms with Gasteiger partial charge in [-0.1, -0.05) is 77.6 Å². The van der Waals surface area contributed by atoms with Crippen LogP contribution in [0.25, 0.3) is 0 Å². The third-order valence-corrected chi connectivity index (χ3v) is 4.74. The van der Waals surface area contributed by atoms with E-state index in [9.17, 15) is 0 Å². The van der Waals surface area contributed by atoms with Gasteiger partial charge in [0.2, 0.25) is 0 Å². The summed E-state index contributed by atoms with van der Waals surface area (Å²) in [5.74, 6) is 1.77. The van der Waals surface area contributed by atoms with Crippen LogP contribution in [0.15, 0.2) is 24.3 Å². The predicted molar refractivity (Wildman–Crippen MR) is 91.2 cm³/mol. The van der Waals surface area contributed by atoms with Gasteiger partial charge in [0.05, 0.1) is 0 Å². The Balaban J connectivity index is 2.26. The zero-order valence-electron chi connectivity index (χ0n) is 14.1. The summed E-state index contributed by atoms with van der Waals surface area (Å²) >= 11 is 0. The van der Waals surface area contributed by atoms with Crippen LogP contribution in [0.1, 0.15) is 77.3 Å². The van der Waals surface area contributed by atoms with Crippen LogP contribution in [0.2, 0.25) is 0 Å². The zero-order chi connectivity index (χ0) is 14.8. The topological polar surface area (TPSA) is 0 Å². The first-order valence-corrected chi connectivity index (χ1v) is 8.73. The Hall–Kier alpha value is -0.780. The largest absolute Gasteiger partial charge is 0.0651 e. The molecule has 0 saturated heterocycles. The highest BCUT2D eigenvalue weighted by Crippen LogP contribution is 2.16. The molecule has 0 heteroatoms. The number of rotatable bonds is 10. The lowest BCUT2D eigenvalue weighted by molar-refractivity contribution is 0.494. The van der Waals surface area contributed by atoms with Crippen LogP contribution in [0, 0.1) is 11.8 Å². The van der Waals surface area contributed by atoms with Gasteiger partial charge in [0, 0.05) is 0 Å². The predicted octanol–water partition coefficient (Wildman–Crippen LogP) is 6.42. The van der Waals surface area contributed by atoms with E-state index in [0.717, 1.165) is 11.8 Å². The lowest BCUT2D eigenvalue weighted by Crippen LogP contribution is -1.95. The average Bonchev–Trinajstić information content (AvgIpc) is 2.48. The van der Waals surface area contributed by atoms with Gasteiger partial charge in [0.1, 0.15) is 0 Å². The van der Waals surface area contributed by atoms with Crippen LogP contribution in [-0.4, -0.2) is 0 Å². The summed E-state index contributed by atoms with van der Waals surface area (Å²) in [5.41, 5.74) is 3.03. The first-order valence-electron chi connectivity index (χ1n) is 8.73. The molecule has 1 aromatic rings. The van der Waals surface area contributed by atoms with Crippen LogP contribution < -0.4 is 0 Å². The molecule has 0 saturated carbocycles. The minimum atomic E-state index is 0.884. The van der Waals surface area contributed by atoms with Crippen molar-refractivity contribution >= 4 is 0 Å². The lowest BCUT2D eigenvalue weighted by atomic mass is 9.97. The Labute approximate surface area is 127 Å². The van der Waals surface area contributed by atoms with Gasteiger partial charge >= 0.3 is 0 Å². The maximum Gasteiger partial charge on any atom is -0.0279 e. The molecule has 2 atom stereocenters. The van der Waals surface area contributed by atoms with Crippen molar-refractivity contribution in [1.82, 2.24) is 0 Å². The van der Waals surface area contributed by atoms with Gasteiger partial charge in [0.15, 0.2) is 0 Å². The second-order valence-electron chi connectivity index (χ2n) is 6.63. The van der Waals surface area contributed by atoms with Crippen LogP contribution in [0.5, 0.6) is 0 Å².